The van der Waals surface area contributed by atoms with Gasteiger partial charge >= 0.3 is 0 Å². The van der Waals surface area contributed by atoms with Gasteiger partial charge in [0.05, 0.1) is 31.1 Å². The summed E-state index contributed by atoms with van der Waals surface area (Å²) in [5.41, 5.74) is 2.67. The molecule has 1 aliphatic rings. The molecular weight excluding hydrogens is 362 g/mol. The molecule has 0 bridgehead atoms. The molecule has 0 radical (unpaired) electrons. The van der Waals surface area contributed by atoms with Crippen LogP contribution in [0.5, 0.6) is 0 Å². The van der Waals surface area contributed by atoms with Crippen LogP contribution in [-0.2, 0) is 14.8 Å². The fourth-order valence-corrected chi connectivity index (χ4v) is 5.83. The number of sulfonamides is 1. The van der Waals surface area contributed by atoms with Gasteiger partial charge in [0.25, 0.3) is 5.91 Å². The Hall–Kier alpha value is -1.44. The molecule has 0 saturated carbocycles. The van der Waals surface area contributed by atoms with E-state index in [4.69, 9.17) is 0 Å². The zero-order chi connectivity index (χ0) is 20.2. The summed E-state index contributed by atoms with van der Waals surface area (Å²) in [7, 11) is -3.50. The van der Waals surface area contributed by atoms with Crippen LogP contribution >= 0.6 is 0 Å². The number of rotatable bonds is 7. The Kier molecular flexibility index (Phi) is 7.42. The van der Waals surface area contributed by atoms with Gasteiger partial charge in [0, 0.05) is 6.04 Å². The van der Waals surface area contributed by atoms with E-state index in [9.17, 15) is 13.2 Å². The number of piperazine rings is 1. The average molecular weight is 397 g/mol. The first-order valence-corrected chi connectivity index (χ1v) is 11.3. The predicted molar refractivity (Wildman–Crippen MR) is 107 cm³/mol. The topological polar surface area (TPSA) is 70.9 Å². The van der Waals surface area contributed by atoms with Crippen LogP contribution in [0.15, 0.2) is 17.0 Å². The molecule has 1 fully saturated rings. The molecule has 0 spiro atoms. The third-order valence-electron chi connectivity index (χ3n) is 5.17. The summed E-state index contributed by atoms with van der Waals surface area (Å²) in [4.78, 5) is 13.7. The van der Waals surface area contributed by atoms with Crippen molar-refractivity contribution in [1.29, 1.82) is 0 Å². The van der Waals surface area contributed by atoms with Gasteiger partial charge in [0.15, 0.2) is 6.54 Å². The van der Waals surface area contributed by atoms with E-state index >= 15 is 0 Å². The molecule has 0 unspecified atom stereocenters. The molecule has 1 amide bonds. The average Bonchev–Trinajstić information content (AvgIpc) is 2.54. The smallest absolute Gasteiger partial charge is 0.275 e. The minimum Gasteiger partial charge on any atom is -0.349 e. The molecule has 1 saturated heterocycles. The highest BCUT2D eigenvalue weighted by Crippen LogP contribution is 2.25. The first-order valence-electron chi connectivity index (χ1n) is 9.86. The quantitative estimate of drug-likeness (QED) is 0.716. The number of amides is 1. The van der Waals surface area contributed by atoms with Crippen molar-refractivity contribution in [3.05, 3.63) is 28.8 Å². The van der Waals surface area contributed by atoms with Crippen molar-refractivity contribution in [1.82, 2.24) is 9.62 Å². The lowest BCUT2D eigenvalue weighted by Gasteiger charge is -2.32. The number of aryl methyl sites for hydroxylation is 3. The van der Waals surface area contributed by atoms with E-state index < -0.39 is 10.0 Å². The van der Waals surface area contributed by atoms with Crippen LogP contribution in [0.2, 0.25) is 0 Å². The Morgan fingerprint density at radius 1 is 1.19 bits per heavy atom. The minimum absolute atomic E-state index is 0.0486. The maximum atomic E-state index is 13.1. The fourth-order valence-electron chi connectivity index (χ4n) is 3.98. The fraction of sp³-hybridized carbons (Fsp3) is 0.650. The Morgan fingerprint density at radius 3 is 2.26 bits per heavy atom. The first-order chi connectivity index (χ1) is 12.6. The van der Waals surface area contributed by atoms with Gasteiger partial charge in [-0.25, -0.2) is 8.42 Å². The summed E-state index contributed by atoms with van der Waals surface area (Å²) in [5, 5.41) is 3.02. The standard InChI is InChI=1S/C20H33N3O3S/c1-6-7-18(5)21-19(24)14-22-8-10-23(11-9-22)27(25,26)20-16(3)12-15(2)13-17(20)4/h12-13,18H,6-11,14H2,1-5H3,(H,21,24)/p+1/t18-/m1/s1. The van der Waals surface area contributed by atoms with E-state index in [1.807, 2.05) is 39.8 Å². The van der Waals surface area contributed by atoms with Crippen molar-refractivity contribution in [2.45, 2.75) is 58.4 Å². The number of hydrogen-bond acceptors (Lipinski definition) is 3. The van der Waals surface area contributed by atoms with Gasteiger partial charge in [-0.3, -0.25) is 4.79 Å². The summed E-state index contributed by atoms with van der Waals surface area (Å²) < 4.78 is 27.8. The Balaban J connectivity index is 1.98. The van der Waals surface area contributed by atoms with Crippen molar-refractivity contribution in [3.63, 3.8) is 0 Å². The third-order valence-corrected chi connectivity index (χ3v) is 7.38. The first kappa shape index (κ1) is 21.9. The lowest BCUT2D eigenvalue weighted by molar-refractivity contribution is -0.895. The van der Waals surface area contributed by atoms with Gasteiger partial charge in [-0.1, -0.05) is 31.0 Å². The molecule has 1 atom stereocenters. The van der Waals surface area contributed by atoms with E-state index in [-0.39, 0.29) is 11.9 Å². The molecule has 1 aliphatic heterocycles. The summed E-state index contributed by atoms with van der Waals surface area (Å²) in [6.45, 7) is 12.4. The van der Waals surface area contributed by atoms with Crippen LogP contribution in [0.25, 0.3) is 0 Å². The maximum absolute atomic E-state index is 13.1. The van der Waals surface area contributed by atoms with Crippen LogP contribution in [0, 0.1) is 20.8 Å². The van der Waals surface area contributed by atoms with E-state index in [2.05, 4.69) is 12.2 Å². The van der Waals surface area contributed by atoms with E-state index in [0.717, 1.165) is 34.4 Å². The van der Waals surface area contributed by atoms with Crippen LogP contribution in [0.4, 0.5) is 0 Å². The third kappa shape index (κ3) is 5.53. The van der Waals surface area contributed by atoms with Crippen LogP contribution in [0.1, 0.15) is 43.4 Å². The van der Waals surface area contributed by atoms with Gasteiger partial charge in [-0.05, 0) is 45.2 Å². The van der Waals surface area contributed by atoms with Gasteiger partial charge < -0.3 is 10.2 Å². The summed E-state index contributed by atoms with van der Waals surface area (Å²) in [6, 6.07) is 4.03. The lowest BCUT2D eigenvalue weighted by atomic mass is 10.1. The highest BCUT2D eigenvalue weighted by Gasteiger charge is 2.33. The number of carbonyl (C=O) groups excluding carboxylic acids is 1. The van der Waals surface area contributed by atoms with E-state index in [0.29, 0.717) is 37.6 Å². The SMILES string of the molecule is CCC[C@@H](C)NC(=O)C[NH+]1CCN(S(=O)(=O)c2c(C)cc(C)cc2C)CC1. The Morgan fingerprint density at radius 2 is 1.74 bits per heavy atom. The molecule has 27 heavy (non-hydrogen) atoms. The summed E-state index contributed by atoms with van der Waals surface area (Å²) >= 11 is 0. The molecule has 1 aromatic rings. The van der Waals surface area contributed by atoms with Gasteiger partial charge in [-0.15, -0.1) is 0 Å². The summed E-state index contributed by atoms with van der Waals surface area (Å²) in [6.07, 6.45) is 2.02. The molecule has 0 aromatic heterocycles. The zero-order valence-corrected chi connectivity index (χ0v) is 18.1. The lowest BCUT2D eigenvalue weighted by Crippen LogP contribution is -3.15. The number of quaternary nitrogens is 1. The second-order valence-electron chi connectivity index (χ2n) is 7.82. The highest BCUT2D eigenvalue weighted by molar-refractivity contribution is 7.89. The molecule has 0 aliphatic carbocycles. The van der Waals surface area contributed by atoms with Crippen molar-refractivity contribution in [3.8, 4) is 0 Å². The Labute approximate surface area is 164 Å². The van der Waals surface area contributed by atoms with Crippen molar-refractivity contribution in [2.75, 3.05) is 32.7 Å². The molecule has 1 heterocycles. The second-order valence-corrected chi connectivity index (χ2v) is 9.69. The van der Waals surface area contributed by atoms with Crippen LogP contribution < -0.4 is 10.2 Å². The van der Waals surface area contributed by atoms with Gasteiger partial charge in [-0.2, -0.15) is 4.31 Å². The molecule has 2 rings (SSSR count). The van der Waals surface area contributed by atoms with Crippen molar-refractivity contribution in [2.24, 2.45) is 0 Å². The Bertz CT molecular complexity index is 746. The maximum Gasteiger partial charge on any atom is 0.275 e. The van der Waals surface area contributed by atoms with Crippen molar-refractivity contribution >= 4 is 15.9 Å². The largest absolute Gasteiger partial charge is 0.349 e. The highest BCUT2D eigenvalue weighted by atomic mass is 32.2. The van der Waals surface area contributed by atoms with Gasteiger partial charge in [0.2, 0.25) is 10.0 Å². The monoisotopic (exact) mass is 396 g/mol. The van der Waals surface area contributed by atoms with Crippen LogP contribution in [-0.4, -0.2) is 57.4 Å². The minimum atomic E-state index is -3.50. The zero-order valence-electron chi connectivity index (χ0n) is 17.3. The van der Waals surface area contributed by atoms with Crippen molar-refractivity contribution < 1.29 is 18.1 Å². The normalized spacial score (nSPS) is 17.7. The van der Waals surface area contributed by atoms with E-state index in [1.165, 1.54) is 0 Å². The molecule has 1 aromatic carbocycles. The predicted octanol–water partition coefficient (Wildman–Crippen LogP) is 0.806. The molecule has 152 valence electrons. The number of benzene rings is 1. The number of carbonyl (C=O) groups is 1. The molecule has 7 heteroatoms. The summed E-state index contributed by atoms with van der Waals surface area (Å²) in [5.74, 6) is 0.0486. The number of nitrogens with one attached hydrogen (secondary N) is 2. The second kappa shape index (κ2) is 9.17. The van der Waals surface area contributed by atoms with Crippen LogP contribution in [0.3, 0.4) is 0 Å². The molecule has 6 nitrogen and oxygen atoms in total. The van der Waals surface area contributed by atoms with E-state index in [1.54, 1.807) is 4.31 Å². The molecule has 2 N–H and O–H groups in total. The number of hydrogen-bond donors (Lipinski definition) is 2. The van der Waals surface area contributed by atoms with Gasteiger partial charge in [0.1, 0.15) is 0 Å². The number of nitrogens with zero attached hydrogens (tertiary/aromatic N) is 1. The molecular formula is C20H34N3O3S+.